The summed E-state index contributed by atoms with van der Waals surface area (Å²) < 4.78 is 13.5. The number of carbonyl (C=O) groups is 1. The lowest BCUT2D eigenvalue weighted by Gasteiger charge is -2.09. The second kappa shape index (κ2) is 6.47. The molecular formula is C14H19FN4O. The number of H-pyrrole nitrogens is 1. The Morgan fingerprint density at radius 3 is 2.95 bits per heavy atom. The van der Waals surface area contributed by atoms with Crippen LogP contribution in [0.4, 0.5) is 4.39 Å². The Bertz CT molecular complexity index is 594. The molecule has 1 aromatic heterocycles. The van der Waals surface area contributed by atoms with Crippen molar-refractivity contribution >= 4 is 16.8 Å². The lowest BCUT2D eigenvalue weighted by atomic mass is 10.2. The minimum absolute atomic E-state index is 0.199. The first-order valence-corrected chi connectivity index (χ1v) is 6.65. The summed E-state index contributed by atoms with van der Waals surface area (Å²) in [5.74, 6) is -0.674. The largest absolute Gasteiger partial charge is 0.351 e. The summed E-state index contributed by atoms with van der Waals surface area (Å²) in [4.78, 5) is 14.1. The lowest BCUT2D eigenvalue weighted by molar-refractivity contribution is 0.0949. The minimum atomic E-state index is -0.427. The molecule has 0 saturated carbocycles. The third-order valence-electron chi connectivity index (χ3n) is 3.08. The zero-order valence-electron chi connectivity index (χ0n) is 11.7. The third-order valence-corrected chi connectivity index (χ3v) is 3.08. The summed E-state index contributed by atoms with van der Waals surface area (Å²) in [7, 11) is 4.04. The van der Waals surface area contributed by atoms with E-state index in [4.69, 9.17) is 0 Å². The van der Waals surface area contributed by atoms with Gasteiger partial charge in [-0.05, 0) is 39.5 Å². The molecule has 1 heterocycles. The normalized spacial score (nSPS) is 11.2. The van der Waals surface area contributed by atoms with E-state index < -0.39 is 5.82 Å². The van der Waals surface area contributed by atoms with Crippen LogP contribution >= 0.6 is 0 Å². The van der Waals surface area contributed by atoms with Gasteiger partial charge in [-0.15, -0.1) is 0 Å². The van der Waals surface area contributed by atoms with E-state index in [1.54, 1.807) is 12.1 Å². The van der Waals surface area contributed by atoms with Crippen LogP contribution in [0.15, 0.2) is 18.2 Å². The first-order valence-electron chi connectivity index (χ1n) is 6.65. The number of hydrogen-bond donors (Lipinski definition) is 2. The van der Waals surface area contributed by atoms with E-state index in [2.05, 4.69) is 20.4 Å². The van der Waals surface area contributed by atoms with E-state index >= 15 is 0 Å². The zero-order chi connectivity index (χ0) is 14.5. The fraction of sp³-hybridized carbons (Fsp3) is 0.429. The standard InChI is InChI=1S/C14H19FN4O/c1-19(2)9-4-3-8-16-14(20)13-10-6-5-7-11(15)12(10)17-18-13/h5-7H,3-4,8-9H2,1-2H3,(H,16,20)(H,17,18). The van der Waals surface area contributed by atoms with Gasteiger partial charge in [-0.25, -0.2) is 4.39 Å². The molecule has 0 fully saturated rings. The number of benzene rings is 1. The molecule has 0 saturated heterocycles. The van der Waals surface area contributed by atoms with Gasteiger partial charge in [-0.2, -0.15) is 5.10 Å². The fourth-order valence-electron chi connectivity index (χ4n) is 2.02. The maximum Gasteiger partial charge on any atom is 0.269 e. The van der Waals surface area contributed by atoms with Crippen LogP contribution in [-0.4, -0.2) is 48.2 Å². The van der Waals surface area contributed by atoms with Gasteiger partial charge >= 0.3 is 0 Å². The molecule has 0 aliphatic carbocycles. The molecule has 108 valence electrons. The van der Waals surface area contributed by atoms with E-state index in [9.17, 15) is 9.18 Å². The van der Waals surface area contributed by atoms with Gasteiger partial charge in [0.1, 0.15) is 11.2 Å². The van der Waals surface area contributed by atoms with Gasteiger partial charge in [0.15, 0.2) is 5.82 Å². The summed E-state index contributed by atoms with van der Waals surface area (Å²) in [6, 6.07) is 4.58. The number of aromatic nitrogens is 2. The van der Waals surface area contributed by atoms with Crippen LogP contribution in [-0.2, 0) is 0 Å². The number of nitrogens with zero attached hydrogens (tertiary/aromatic N) is 2. The Kier molecular flexibility index (Phi) is 4.68. The molecule has 2 rings (SSSR count). The monoisotopic (exact) mass is 278 g/mol. The van der Waals surface area contributed by atoms with E-state index in [0.29, 0.717) is 17.6 Å². The van der Waals surface area contributed by atoms with Gasteiger partial charge in [-0.3, -0.25) is 9.89 Å². The third kappa shape index (κ3) is 3.33. The molecule has 0 radical (unpaired) electrons. The molecule has 0 bridgehead atoms. The van der Waals surface area contributed by atoms with Gasteiger partial charge in [0.25, 0.3) is 5.91 Å². The van der Waals surface area contributed by atoms with Crippen molar-refractivity contribution < 1.29 is 9.18 Å². The average Bonchev–Trinajstić information content (AvgIpc) is 2.83. The van der Waals surface area contributed by atoms with Gasteiger partial charge in [0.05, 0.1) is 0 Å². The number of aromatic amines is 1. The Morgan fingerprint density at radius 2 is 2.20 bits per heavy atom. The quantitative estimate of drug-likeness (QED) is 0.792. The molecule has 1 amide bonds. The molecule has 0 atom stereocenters. The predicted octanol–water partition coefficient (Wildman–Crippen LogP) is 1.77. The summed E-state index contributed by atoms with van der Waals surface area (Å²) >= 11 is 0. The number of nitrogens with one attached hydrogen (secondary N) is 2. The highest BCUT2D eigenvalue weighted by Gasteiger charge is 2.14. The van der Waals surface area contributed by atoms with E-state index in [-0.39, 0.29) is 11.4 Å². The maximum absolute atomic E-state index is 13.5. The highest BCUT2D eigenvalue weighted by molar-refractivity contribution is 6.04. The zero-order valence-corrected chi connectivity index (χ0v) is 11.7. The molecule has 2 N–H and O–H groups in total. The van der Waals surface area contributed by atoms with Crippen molar-refractivity contribution in [3.8, 4) is 0 Å². The van der Waals surface area contributed by atoms with Crippen LogP contribution in [0.2, 0.25) is 0 Å². The molecule has 5 nitrogen and oxygen atoms in total. The van der Waals surface area contributed by atoms with E-state index in [1.165, 1.54) is 6.07 Å². The highest BCUT2D eigenvalue weighted by atomic mass is 19.1. The van der Waals surface area contributed by atoms with Crippen molar-refractivity contribution in [2.75, 3.05) is 27.2 Å². The van der Waals surface area contributed by atoms with Crippen molar-refractivity contribution in [3.63, 3.8) is 0 Å². The molecule has 6 heteroatoms. The summed E-state index contributed by atoms with van der Waals surface area (Å²) in [6.07, 6.45) is 1.93. The summed E-state index contributed by atoms with van der Waals surface area (Å²) in [5.41, 5.74) is 0.511. The fourth-order valence-corrected chi connectivity index (χ4v) is 2.02. The minimum Gasteiger partial charge on any atom is -0.351 e. The Morgan fingerprint density at radius 1 is 1.40 bits per heavy atom. The number of halogens is 1. The van der Waals surface area contributed by atoms with Crippen molar-refractivity contribution in [1.29, 1.82) is 0 Å². The van der Waals surface area contributed by atoms with Crippen molar-refractivity contribution in [2.24, 2.45) is 0 Å². The molecule has 0 unspecified atom stereocenters. The van der Waals surface area contributed by atoms with E-state index in [1.807, 2.05) is 14.1 Å². The number of amides is 1. The number of hydrogen-bond acceptors (Lipinski definition) is 3. The number of carbonyl (C=O) groups excluding carboxylic acids is 1. The average molecular weight is 278 g/mol. The topological polar surface area (TPSA) is 61.0 Å². The Balaban J connectivity index is 1.93. The van der Waals surface area contributed by atoms with Crippen molar-refractivity contribution in [1.82, 2.24) is 20.4 Å². The second-order valence-corrected chi connectivity index (χ2v) is 5.00. The van der Waals surface area contributed by atoms with Crippen LogP contribution in [0.1, 0.15) is 23.3 Å². The van der Waals surface area contributed by atoms with Crippen molar-refractivity contribution in [2.45, 2.75) is 12.8 Å². The molecule has 20 heavy (non-hydrogen) atoms. The molecular weight excluding hydrogens is 259 g/mol. The van der Waals surface area contributed by atoms with Crippen LogP contribution in [0.25, 0.3) is 10.9 Å². The van der Waals surface area contributed by atoms with Crippen molar-refractivity contribution in [3.05, 3.63) is 29.7 Å². The number of para-hydroxylation sites is 1. The second-order valence-electron chi connectivity index (χ2n) is 5.00. The smallest absolute Gasteiger partial charge is 0.269 e. The van der Waals surface area contributed by atoms with Gasteiger partial charge in [-0.1, -0.05) is 12.1 Å². The van der Waals surface area contributed by atoms with Crippen LogP contribution in [0.3, 0.4) is 0 Å². The lowest BCUT2D eigenvalue weighted by Crippen LogP contribution is -2.25. The van der Waals surface area contributed by atoms with Gasteiger partial charge in [0, 0.05) is 11.9 Å². The van der Waals surface area contributed by atoms with Gasteiger partial charge in [0.2, 0.25) is 0 Å². The molecule has 0 aliphatic heterocycles. The highest BCUT2D eigenvalue weighted by Crippen LogP contribution is 2.18. The van der Waals surface area contributed by atoms with Crippen LogP contribution in [0.5, 0.6) is 0 Å². The first kappa shape index (κ1) is 14.5. The van der Waals surface area contributed by atoms with Gasteiger partial charge < -0.3 is 10.2 Å². The van der Waals surface area contributed by atoms with Crippen LogP contribution < -0.4 is 5.32 Å². The maximum atomic E-state index is 13.5. The van der Waals surface area contributed by atoms with Crippen LogP contribution in [0, 0.1) is 5.82 Å². The van der Waals surface area contributed by atoms with E-state index in [0.717, 1.165) is 19.4 Å². The molecule has 1 aromatic carbocycles. The molecule has 2 aromatic rings. The Labute approximate surface area is 117 Å². The Hall–Kier alpha value is -1.95. The molecule has 0 spiro atoms. The number of unbranched alkanes of at least 4 members (excludes halogenated alkanes) is 1. The summed E-state index contributed by atoms with van der Waals surface area (Å²) in [6.45, 7) is 1.59. The number of rotatable bonds is 6. The first-order chi connectivity index (χ1) is 9.59. The predicted molar refractivity (Wildman–Crippen MR) is 76.2 cm³/mol. The SMILES string of the molecule is CN(C)CCCCNC(=O)c1[nH]nc2c(F)cccc12. The number of fused-ring (bicyclic) bond motifs is 1. The summed E-state index contributed by atoms with van der Waals surface area (Å²) in [5, 5.41) is 9.77. The molecule has 0 aliphatic rings.